The summed E-state index contributed by atoms with van der Waals surface area (Å²) >= 11 is 0. The molecule has 2 saturated carbocycles. The average Bonchev–Trinajstić information content (AvgIpc) is 2.35. The van der Waals surface area contributed by atoms with Crippen LogP contribution in [0.5, 0.6) is 0 Å². The summed E-state index contributed by atoms with van der Waals surface area (Å²) in [4.78, 5) is 25.7. The molecule has 0 radical (unpaired) electrons. The van der Waals surface area contributed by atoms with E-state index in [1.165, 1.54) is 0 Å². The zero-order valence-electron chi connectivity index (χ0n) is 11.8. The van der Waals surface area contributed by atoms with Crippen LogP contribution >= 0.6 is 0 Å². The largest absolute Gasteiger partial charge is 0.480 e. The van der Waals surface area contributed by atoms with Gasteiger partial charge in [-0.15, -0.1) is 0 Å². The van der Waals surface area contributed by atoms with Gasteiger partial charge in [0.2, 0.25) is 5.91 Å². The molecular weight excluding hydrogens is 258 g/mol. The summed E-state index contributed by atoms with van der Waals surface area (Å²) in [6, 6.07) is 0. The zero-order valence-corrected chi connectivity index (χ0v) is 11.8. The molecule has 0 spiro atoms. The minimum absolute atomic E-state index is 0.125. The van der Waals surface area contributed by atoms with E-state index >= 15 is 0 Å². The lowest BCUT2D eigenvalue weighted by atomic mass is 9.66. The first-order valence-electron chi connectivity index (χ1n) is 7.73. The predicted octanol–water partition coefficient (Wildman–Crippen LogP) is 1.39. The number of piperidine rings is 1. The van der Waals surface area contributed by atoms with Crippen molar-refractivity contribution in [1.82, 2.24) is 4.90 Å². The number of rotatable bonds is 2. The number of likely N-dealkylation sites (tertiary alicyclic amines) is 1. The quantitative estimate of drug-likeness (QED) is 0.750. The normalized spacial score (nSPS) is 35.9. The van der Waals surface area contributed by atoms with E-state index in [1.807, 2.05) is 0 Å². The van der Waals surface area contributed by atoms with Crippen molar-refractivity contribution in [2.45, 2.75) is 57.0 Å². The Labute approximate surface area is 119 Å². The Morgan fingerprint density at radius 3 is 2.40 bits per heavy atom. The highest BCUT2D eigenvalue weighted by molar-refractivity contribution is 6.02. The molecule has 1 amide bonds. The van der Waals surface area contributed by atoms with Gasteiger partial charge in [0.1, 0.15) is 5.41 Å². The minimum atomic E-state index is -1.16. The molecule has 5 heteroatoms. The molecule has 0 bridgehead atoms. The second kappa shape index (κ2) is 4.72. The number of carbonyl (C=O) groups excluding carboxylic acids is 1. The fourth-order valence-electron chi connectivity index (χ4n) is 4.11. The van der Waals surface area contributed by atoms with Crippen LogP contribution in [0.25, 0.3) is 0 Å². The van der Waals surface area contributed by atoms with E-state index in [0.29, 0.717) is 32.4 Å². The number of fused-ring (bicyclic) bond motifs is 1. The van der Waals surface area contributed by atoms with Gasteiger partial charge >= 0.3 is 5.97 Å². The maximum absolute atomic E-state index is 12.6. The highest BCUT2D eigenvalue weighted by Gasteiger charge is 2.54. The van der Waals surface area contributed by atoms with Gasteiger partial charge < -0.3 is 15.1 Å². The summed E-state index contributed by atoms with van der Waals surface area (Å²) in [5, 5.41) is 20.0. The van der Waals surface area contributed by atoms with Crippen molar-refractivity contribution in [3.05, 3.63) is 0 Å². The van der Waals surface area contributed by atoms with Gasteiger partial charge in [-0.2, -0.15) is 0 Å². The SMILES string of the molecule is O=C(O)C1(C(=O)N2CCC3(O)CCCCC3C2)CCC1. The first-order chi connectivity index (χ1) is 9.48. The third kappa shape index (κ3) is 1.94. The van der Waals surface area contributed by atoms with Gasteiger partial charge in [0.05, 0.1) is 5.60 Å². The molecule has 2 atom stereocenters. The fourth-order valence-corrected chi connectivity index (χ4v) is 4.11. The molecule has 0 aromatic rings. The van der Waals surface area contributed by atoms with Crippen LogP contribution in [0.15, 0.2) is 0 Å². The topological polar surface area (TPSA) is 77.8 Å². The predicted molar refractivity (Wildman–Crippen MR) is 72.0 cm³/mol. The van der Waals surface area contributed by atoms with E-state index < -0.39 is 17.0 Å². The van der Waals surface area contributed by atoms with E-state index in [2.05, 4.69) is 0 Å². The fraction of sp³-hybridized carbons (Fsp3) is 0.867. The van der Waals surface area contributed by atoms with Crippen LogP contribution in [-0.2, 0) is 9.59 Å². The number of amides is 1. The van der Waals surface area contributed by atoms with Crippen LogP contribution in [0.4, 0.5) is 0 Å². The number of carboxylic acid groups (broad SMARTS) is 1. The van der Waals surface area contributed by atoms with Crippen LogP contribution in [0.2, 0.25) is 0 Å². The van der Waals surface area contributed by atoms with Crippen molar-refractivity contribution in [2.24, 2.45) is 11.3 Å². The Morgan fingerprint density at radius 2 is 1.80 bits per heavy atom. The van der Waals surface area contributed by atoms with Gasteiger partial charge in [0, 0.05) is 19.0 Å². The van der Waals surface area contributed by atoms with Crippen molar-refractivity contribution >= 4 is 11.9 Å². The highest BCUT2D eigenvalue weighted by atomic mass is 16.4. The number of nitrogens with zero attached hydrogens (tertiary/aromatic N) is 1. The molecule has 2 aliphatic carbocycles. The van der Waals surface area contributed by atoms with E-state index in [0.717, 1.165) is 32.1 Å². The second-order valence-electron chi connectivity index (χ2n) is 6.79. The number of aliphatic carboxylic acids is 1. The summed E-state index contributed by atoms with van der Waals surface area (Å²) in [5.74, 6) is -1.07. The second-order valence-corrected chi connectivity index (χ2v) is 6.79. The minimum Gasteiger partial charge on any atom is -0.480 e. The number of hydrogen-bond acceptors (Lipinski definition) is 3. The van der Waals surface area contributed by atoms with E-state index in [4.69, 9.17) is 0 Å². The van der Waals surface area contributed by atoms with Gasteiger partial charge in [0.15, 0.2) is 0 Å². The molecule has 20 heavy (non-hydrogen) atoms. The zero-order chi connectivity index (χ0) is 14.4. The maximum atomic E-state index is 12.6. The molecule has 3 aliphatic rings. The summed E-state index contributed by atoms with van der Waals surface area (Å²) in [6.07, 6.45) is 6.26. The molecule has 2 N–H and O–H groups in total. The van der Waals surface area contributed by atoms with Crippen LogP contribution in [0, 0.1) is 11.3 Å². The number of carbonyl (C=O) groups is 2. The number of hydrogen-bond donors (Lipinski definition) is 2. The lowest BCUT2D eigenvalue weighted by Crippen LogP contribution is -2.59. The van der Waals surface area contributed by atoms with E-state index in [-0.39, 0.29) is 11.8 Å². The Bertz CT molecular complexity index is 432. The lowest BCUT2D eigenvalue weighted by molar-refractivity contribution is -0.172. The summed E-state index contributed by atoms with van der Waals surface area (Å²) in [7, 11) is 0. The average molecular weight is 281 g/mol. The summed E-state index contributed by atoms with van der Waals surface area (Å²) < 4.78 is 0. The molecule has 1 heterocycles. The molecule has 112 valence electrons. The first-order valence-corrected chi connectivity index (χ1v) is 7.73. The smallest absolute Gasteiger partial charge is 0.319 e. The summed E-state index contributed by atoms with van der Waals surface area (Å²) in [5.41, 5.74) is -1.78. The molecule has 0 aromatic heterocycles. The Kier molecular flexibility index (Phi) is 3.27. The van der Waals surface area contributed by atoms with Gasteiger partial charge in [-0.25, -0.2) is 0 Å². The van der Waals surface area contributed by atoms with Crippen molar-refractivity contribution < 1.29 is 19.8 Å². The Morgan fingerprint density at radius 1 is 1.05 bits per heavy atom. The third-order valence-corrected chi connectivity index (χ3v) is 5.74. The van der Waals surface area contributed by atoms with E-state index in [9.17, 15) is 19.8 Å². The molecule has 1 aliphatic heterocycles. The van der Waals surface area contributed by atoms with Gasteiger partial charge in [-0.1, -0.05) is 19.3 Å². The van der Waals surface area contributed by atoms with Crippen LogP contribution in [0.3, 0.4) is 0 Å². The lowest BCUT2D eigenvalue weighted by Gasteiger charge is -2.49. The van der Waals surface area contributed by atoms with Crippen LogP contribution < -0.4 is 0 Å². The molecule has 1 saturated heterocycles. The van der Waals surface area contributed by atoms with Gasteiger partial charge in [-0.3, -0.25) is 9.59 Å². The van der Waals surface area contributed by atoms with Crippen LogP contribution in [0.1, 0.15) is 51.4 Å². The number of aliphatic hydroxyl groups is 1. The summed E-state index contributed by atoms with van der Waals surface area (Å²) in [6.45, 7) is 1.03. The Balaban J connectivity index is 1.73. The van der Waals surface area contributed by atoms with E-state index in [1.54, 1.807) is 4.90 Å². The van der Waals surface area contributed by atoms with Crippen LogP contribution in [-0.4, -0.2) is 45.7 Å². The van der Waals surface area contributed by atoms with Crippen molar-refractivity contribution in [2.75, 3.05) is 13.1 Å². The van der Waals surface area contributed by atoms with Gasteiger partial charge in [-0.05, 0) is 32.1 Å². The molecule has 2 unspecified atom stereocenters. The standard InChI is InChI=1S/C15H23NO4/c17-12(14(13(18)19)5-3-6-14)16-9-8-15(20)7-2-1-4-11(15)10-16/h11,20H,1-10H2,(H,18,19). The molecule has 5 nitrogen and oxygen atoms in total. The molecule has 3 rings (SSSR count). The monoisotopic (exact) mass is 281 g/mol. The highest BCUT2D eigenvalue weighted by Crippen LogP contribution is 2.45. The Hall–Kier alpha value is -1.10. The number of carboxylic acids is 1. The van der Waals surface area contributed by atoms with Gasteiger partial charge in [0.25, 0.3) is 0 Å². The van der Waals surface area contributed by atoms with Crippen molar-refractivity contribution in [3.8, 4) is 0 Å². The first kappa shape index (κ1) is 13.9. The maximum Gasteiger partial charge on any atom is 0.319 e. The molecular formula is C15H23NO4. The van der Waals surface area contributed by atoms with Crippen molar-refractivity contribution in [3.63, 3.8) is 0 Å². The molecule has 3 fully saturated rings. The van der Waals surface area contributed by atoms with Crippen molar-refractivity contribution in [1.29, 1.82) is 0 Å². The third-order valence-electron chi connectivity index (χ3n) is 5.74. The molecule has 0 aromatic carbocycles.